The third kappa shape index (κ3) is 3.18. The molecule has 1 heterocycles. The van der Waals surface area contributed by atoms with Crippen molar-refractivity contribution in [3.8, 4) is 5.75 Å². The minimum Gasteiger partial charge on any atom is -0.492 e. The fourth-order valence-electron chi connectivity index (χ4n) is 1.58. The van der Waals surface area contributed by atoms with Gasteiger partial charge >= 0.3 is 0 Å². The molecule has 90 valence electrons. The monoisotopic (exact) mass is 225 g/mol. The van der Waals surface area contributed by atoms with Crippen molar-refractivity contribution in [2.24, 2.45) is 0 Å². The Hall–Kier alpha value is -1.13. The van der Waals surface area contributed by atoms with Crippen molar-refractivity contribution in [1.82, 2.24) is 4.98 Å². The number of ether oxygens (including phenoxy) is 2. The van der Waals surface area contributed by atoms with Crippen molar-refractivity contribution in [3.05, 3.63) is 24.0 Å². The largest absolute Gasteiger partial charge is 0.492 e. The first kappa shape index (κ1) is 12.9. The van der Waals surface area contributed by atoms with Crippen LogP contribution in [0.25, 0.3) is 0 Å². The molecule has 1 aromatic rings. The zero-order valence-corrected chi connectivity index (χ0v) is 10.0. The summed E-state index contributed by atoms with van der Waals surface area (Å²) in [6.07, 6.45) is 3.14. The van der Waals surface area contributed by atoms with Crippen molar-refractivity contribution in [2.75, 3.05) is 13.7 Å². The van der Waals surface area contributed by atoms with Crippen LogP contribution in [0.1, 0.15) is 31.9 Å². The Balaban J connectivity index is 2.81. The molecule has 2 unspecified atom stereocenters. The smallest absolute Gasteiger partial charge is 0.137 e. The van der Waals surface area contributed by atoms with E-state index in [1.807, 2.05) is 13.8 Å². The number of methoxy groups -OCH3 is 1. The molecule has 1 aromatic heterocycles. The van der Waals surface area contributed by atoms with Gasteiger partial charge in [-0.1, -0.05) is 6.92 Å². The highest BCUT2D eigenvalue weighted by atomic mass is 16.5. The molecule has 0 spiro atoms. The highest BCUT2D eigenvalue weighted by molar-refractivity contribution is 5.25. The van der Waals surface area contributed by atoms with Crippen molar-refractivity contribution >= 4 is 0 Å². The number of aromatic nitrogens is 1. The van der Waals surface area contributed by atoms with E-state index >= 15 is 0 Å². The third-order valence-electron chi connectivity index (χ3n) is 2.44. The van der Waals surface area contributed by atoms with Crippen LogP contribution in [0.3, 0.4) is 0 Å². The SMILES string of the molecule is CCOc1cncc(C(O)C(CC)OC)c1. The molecular weight excluding hydrogens is 206 g/mol. The van der Waals surface area contributed by atoms with E-state index in [1.54, 1.807) is 25.6 Å². The van der Waals surface area contributed by atoms with E-state index in [0.717, 1.165) is 12.0 Å². The van der Waals surface area contributed by atoms with Crippen LogP contribution >= 0.6 is 0 Å². The lowest BCUT2D eigenvalue weighted by Gasteiger charge is -2.20. The van der Waals surface area contributed by atoms with Gasteiger partial charge in [0.25, 0.3) is 0 Å². The maximum atomic E-state index is 10.1. The first-order valence-electron chi connectivity index (χ1n) is 5.51. The van der Waals surface area contributed by atoms with Gasteiger partial charge in [-0.3, -0.25) is 4.98 Å². The van der Waals surface area contributed by atoms with E-state index in [9.17, 15) is 5.11 Å². The first-order valence-corrected chi connectivity index (χ1v) is 5.51. The fourth-order valence-corrected chi connectivity index (χ4v) is 1.58. The molecule has 0 saturated heterocycles. The first-order chi connectivity index (χ1) is 7.72. The van der Waals surface area contributed by atoms with Crippen LogP contribution in [-0.2, 0) is 4.74 Å². The summed E-state index contributed by atoms with van der Waals surface area (Å²) in [5, 5.41) is 10.1. The number of hydrogen-bond donors (Lipinski definition) is 1. The predicted octanol–water partition coefficient (Wildman–Crippen LogP) is 1.94. The summed E-state index contributed by atoms with van der Waals surface area (Å²) < 4.78 is 10.5. The Morgan fingerprint density at radius 2 is 2.12 bits per heavy atom. The Morgan fingerprint density at radius 3 is 2.69 bits per heavy atom. The van der Waals surface area contributed by atoms with Gasteiger partial charge in [0.2, 0.25) is 0 Å². The standard InChI is InChI=1S/C12H19NO3/c1-4-11(15-3)12(14)9-6-10(16-5-2)8-13-7-9/h6-8,11-12,14H,4-5H2,1-3H3. The summed E-state index contributed by atoms with van der Waals surface area (Å²) in [6, 6.07) is 1.79. The second-order valence-electron chi connectivity index (χ2n) is 3.51. The minimum absolute atomic E-state index is 0.210. The summed E-state index contributed by atoms with van der Waals surface area (Å²) >= 11 is 0. The summed E-state index contributed by atoms with van der Waals surface area (Å²) in [4.78, 5) is 4.03. The van der Waals surface area contributed by atoms with Gasteiger partial charge in [0.1, 0.15) is 11.9 Å². The number of pyridine rings is 1. The summed E-state index contributed by atoms with van der Waals surface area (Å²) in [5.74, 6) is 0.671. The van der Waals surface area contributed by atoms with Crippen LogP contribution in [0.4, 0.5) is 0 Å². The molecule has 1 rings (SSSR count). The Morgan fingerprint density at radius 1 is 1.38 bits per heavy atom. The van der Waals surface area contributed by atoms with Gasteiger partial charge in [0.05, 0.1) is 18.9 Å². The molecule has 1 N–H and O–H groups in total. The highest BCUT2D eigenvalue weighted by Crippen LogP contribution is 2.23. The molecule has 0 amide bonds. The number of rotatable bonds is 6. The Labute approximate surface area is 96.2 Å². The van der Waals surface area contributed by atoms with E-state index < -0.39 is 6.10 Å². The number of aliphatic hydroxyl groups is 1. The van der Waals surface area contributed by atoms with Crippen LogP contribution in [0.5, 0.6) is 5.75 Å². The molecule has 0 radical (unpaired) electrons. The average Bonchev–Trinajstić information content (AvgIpc) is 2.31. The molecule has 0 bridgehead atoms. The minimum atomic E-state index is -0.664. The van der Waals surface area contributed by atoms with Crippen molar-refractivity contribution in [3.63, 3.8) is 0 Å². The zero-order chi connectivity index (χ0) is 12.0. The quantitative estimate of drug-likeness (QED) is 0.803. The summed E-state index contributed by atoms with van der Waals surface area (Å²) in [5.41, 5.74) is 0.722. The molecule has 4 nitrogen and oxygen atoms in total. The Bertz CT molecular complexity index is 313. The van der Waals surface area contributed by atoms with Gasteiger partial charge in [0, 0.05) is 18.9 Å². The lowest BCUT2D eigenvalue weighted by atomic mass is 10.0. The van der Waals surface area contributed by atoms with Crippen molar-refractivity contribution in [1.29, 1.82) is 0 Å². The normalized spacial score (nSPS) is 14.5. The van der Waals surface area contributed by atoms with Crippen LogP contribution in [0, 0.1) is 0 Å². The van der Waals surface area contributed by atoms with E-state index in [2.05, 4.69) is 4.98 Å². The lowest BCUT2D eigenvalue weighted by Crippen LogP contribution is -2.20. The van der Waals surface area contributed by atoms with E-state index in [4.69, 9.17) is 9.47 Å². The second kappa shape index (κ2) is 6.45. The van der Waals surface area contributed by atoms with Gasteiger partial charge in [0.15, 0.2) is 0 Å². The summed E-state index contributed by atoms with van der Waals surface area (Å²) in [6.45, 7) is 4.47. The average molecular weight is 225 g/mol. The number of aliphatic hydroxyl groups excluding tert-OH is 1. The topological polar surface area (TPSA) is 51.6 Å². The van der Waals surface area contributed by atoms with Crippen LogP contribution in [0.15, 0.2) is 18.5 Å². The highest BCUT2D eigenvalue weighted by Gasteiger charge is 2.19. The van der Waals surface area contributed by atoms with E-state index in [0.29, 0.717) is 12.4 Å². The van der Waals surface area contributed by atoms with Crippen LogP contribution < -0.4 is 4.74 Å². The number of nitrogens with zero attached hydrogens (tertiary/aromatic N) is 1. The van der Waals surface area contributed by atoms with Crippen molar-refractivity contribution in [2.45, 2.75) is 32.5 Å². The van der Waals surface area contributed by atoms with Gasteiger partial charge in [-0.2, -0.15) is 0 Å². The van der Waals surface area contributed by atoms with E-state index in [-0.39, 0.29) is 6.10 Å². The molecule has 2 atom stereocenters. The van der Waals surface area contributed by atoms with Crippen molar-refractivity contribution < 1.29 is 14.6 Å². The molecular formula is C12H19NO3. The van der Waals surface area contributed by atoms with Crippen LogP contribution in [-0.4, -0.2) is 29.9 Å². The molecule has 0 aliphatic heterocycles. The van der Waals surface area contributed by atoms with Gasteiger partial charge in [-0.25, -0.2) is 0 Å². The van der Waals surface area contributed by atoms with Gasteiger partial charge in [-0.15, -0.1) is 0 Å². The maximum absolute atomic E-state index is 10.1. The lowest BCUT2D eigenvalue weighted by molar-refractivity contribution is -0.0151. The molecule has 4 heteroatoms. The summed E-state index contributed by atoms with van der Waals surface area (Å²) in [7, 11) is 1.59. The molecule has 0 aliphatic carbocycles. The Kier molecular flexibility index (Phi) is 5.22. The number of hydrogen-bond acceptors (Lipinski definition) is 4. The second-order valence-corrected chi connectivity index (χ2v) is 3.51. The van der Waals surface area contributed by atoms with Gasteiger partial charge in [-0.05, 0) is 19.4 Å². The predicted molar refractivity (Wildman–Crippen MR) is 61.5 cm³/mol. The fraction of sp³-hybridized carbons (Fsp3) is 0.583. The third-order valence-corrected chi connectivity index (χ3v) is 2.44. The molecule has 0 aliphatic rings. The van der Waals surface area contributed by atoms with Gasteiger partial charge < -0.3 is 14.6 Å². The molecule has 0 aromatic carbocycles. The van der Waals surface area contributed by atoms with E-state index in [1.165, 1.54) is 0 Å². The molecule has 0 fully saturated rings. The van der Waals surface area contributed by atoms with Crippen LogP contribution in [0.2, 0.25) is 0 Å². The molecule has 16 heavy (non-hydrogen) atoms. The zero-order valence-electron chi connectivity index (χ0n) is 10.0. The molecule has 0 saturated carbocycles. The maximum Gasteiger partial charge on any atom is 0.137 e.